The average molecular weight is 297 g/mol. The molecule has 6 heteroatoms. The number of rotatable bonds is 6. The van der Waals surface area contributed by atoms with Crippen LogP contribution in [0.25, 0.3) is 0 Å². The molecule has 0 aromatic carbocycles. The molecular formula is C14H23N3O2S. The highest BCUT2D eigenvalue weighted by molar-refractivity contribution is 7.11. The lowest BCUT2D eigenvalue weighted by Crippen LogP contribution is -2.34. The van der Waals surface area contributed by atoms with Crippen LogP contribution in [-0.4, -0.2) is 42.1 Å². The molecule has 2 heterocycles. The van der Waals surface area contributed by atoms with Gasteiger partial charge >= 0.3 is 5.97 Å². The molecule has 5 nitrogen and oxygen atoms in total. The van der Waals surface area contributed by atoms with Crippen molar-refractivity contribution in [3.8, 4) is 0 Å². The summed E-state index contributed by atoms with van der Waals surface area (Å²) in [6.45, 7) is 6.00. The number of carbonyl (C=O) groups is 1. The fourth-order valence-corrected chi connectivity index (χ4v) is 3.26. The zero-order valence-corrected chi connectivity index (χ0v) is 12.8. The Hall–Kier alpha value is -0.980. The molecule has 1 saturated heterocycles. The maximum Gasteiger partial charge on any atom is 0.367 e. The molecule has 1 aliphatic rings. The molecule has 2 rings (SSSR count). The molecular weight excluding hydrogens is 274 g/mol. The molecule has 0 radical (unpaired) electrons. The summed E-state index contributed by atoms with van der Waals surface area (Å²) in [5.74, 6) is 0.465. The maximum absolute atomic E-state index is 11.6. The number of likely N-dealkylation sites (tertiary alicyclic amines) is 1. The summed E-state index contributed by atoms with van der Waals surface area (Å²) in [7, 11) is 0. The predicted molar refractivity (Wildman–Crippen MR) is 79.7 cm³/mol. The van der Waals surface area contributed by atoms with E-state index >= 15 is 0 Å². The molecule has 2 N–H and O–H groups in total. The topological polar surface area (TPSA) is 68.5 Å². The van der Waals surface area contributed by atoms with Crippen molar-refractivity contribution in [2.45, 2.75) is 32.7 Å². The summed E-state index contributed by atoms with van der Waals surface area (Å²) in [4.78, 5) is 18.3. The second-order valence-electron chi connectivity index (χ2n) is 5.16. The van der Waals surface area contributed by atoms with E-state index in [0.29, 0.717) is 11.6 Å². The van der Waals surface area contributed by atoms with Gasteiger partial charge in [0.1, 0.15) is 0 Å². The summed E-state index contributed by atoms with van der Waals surface area (Å²) in [6.07, 6.45) is 3.57. The Bertz CT molecular complexity index is 428. The van der Waals surface area contributed by atoms with Gasteiger partial charge in [0.2, 0.25) is 5.01 Å². The third-order valence-corrected chi connectivity index (χ3v) is 4.54. The Morgan fingerprint density at radius 1 is 1.55 bits per heavy atom. The largest absolute Gasteiger partial charge is 0.461 e. The summed E-state index contributed by atoms with van der Waals surface area (Å²) in [5.41, 5.74) is 6.58. The van der Waals surface area contributed by atoms with Crippen LogP contribution in [0, 0.1) is 5.92 Å². The van der Waals surface area contributed by atoms with Crippen molar-refractivity contribution in [1.82, 2.24) is 9.88 Å². The lowest BCUT2D eigenvalue weighted by Gasteiger charge is -2.31. The van der Waals surface area contributed by atoms with Crippen LogP contribution in [0.15, 0.2) is 5.38 Å². The summed E-state index contributed by atoms with van der Waals surface area (Å²) in [6, 6.07) is 0. The normalized spacial score (nSPS) is 17.3. The molecule has 112 valence electrons. The lowest BCUT2D eigenvalue weighted by molar-refractivity contribution is 0.0525. The smallest absolute Gasteiger partial charge is 0.367 e. The molecule has 20 heavy (non-hydrogen) atoms. The highest BCUT2D eigenvalue weighted by Crippen LogP contribution is 2.21. The first-order valence-electron chi connectivity index (χ1n) is 7.26. The van der Waals surface area contributed by atoms with Crippen LogP contribution in [0.2, 0.25) is 0 Å². The van der Waals surface area contributed by atoms with Crippen LogP contribution < -0.4 is 5.73 Å². The molecule has 1 aliphatic heterocycles. The Balaban J connectivity index is 1.81. The zero-order valence-electron chi connectivity index (χ0n) is 12.0. The van der Waals surface area contributed by atoms with Crippen molar-refractivity contribution in [1.29, 1.82) is 0 Å². The lowest BCUT2D eigenvalue weighted by atomic mass is 9.93. The van der Waals surface area contributed by atoms with Gasteiger partial charge < -0.3 is 10.5 Å². The second-order valence-corrected chi connectivity index (χ2v) is 6.02. The van der Waals surface area contributed by atoms with Crippen molar-refractivity contribution in [2.24, 2.45) is 11.7 Å². The Kier molecular flexibility index (Phi) is 5.94. The van der Waals surface area contributed by atoms with E-state index in [1.54, 1.807) is 6.92 Å². The van der Waals surface area contributed by atoms with Crippen LogP contribution in [0.3, 0.4) is 0 Å². The number of aromatic nitrogens is 1. The number of hydrogen-bond donors (Lipinski definition) is 1. The van der Waals surface area contributed by atoms with Crippen molar-refractivity contribution >= 4 is 17.3 Å². The zero-order chi connectivity index (χ0) is 14.4. The van der Waals surface area contributed by atoms with Gasteiger partial charge in [-0.15, -0.1) is 11.3 Å². The number of hydrogen-bond acceptors (Lipinski definition) is 6. The van der Waals surface area contributed by atoms with Crippen molar-refractivity contribution in [2.75, 3.05) is 26.2 Å². The highest BCUT2D eigenvalue weighted by Gasteiger charge is 2.20. The monoisotopic (exact) mass is 297 g/mol. The fraction of sp³-hybridized carbons (Fsp3) is 0.714. The third kappa shape index (κ3) is 4.26. The molecule has 0 aliphatic carbocycles. The van der Waals surface area contributed by atoms with Crippen LogP contribution in [0.1, 0.15) is 41.7 Å². The number of piperidine rings is 1. The van der Waals surface area contributed by atoms with Gasteiger partial charge in [-0.25, -0.2) is 9.78 Å². The molecule has 0 bridgehead atoms. The van der Waals surface area contributed by atoms with Gasteiger partial charge in [-0.2, -0.15) is 0 Å². The summed E-state index contributed by atoms with van der Waals surface area (Å²) >= 11 is 1.37. The van der Waals surface area contributed by atoms with Crippen LogP contribution in [0.5, 0.6) is 0 Å². The van der Waals surface area contributed by atoms with E-state index < -0.39 is 0 Å². The predicted octanol–water partition coefficient (Wildman–Crippen LogP) is 1.88. The van der Waals surface area contributed by atoms with Gasteiger partial charge in [0.15, 0.2) is 0 Å². The van der Waals surface area contributed by atoms with Gasteiger partial charge in [0.25, 0.3) is 0 Å². The van der Waals surface area contributed by atoms with E-state index in [9.17, 15) is 4.79 Å². The minimum absolute atomic E-state index is 0.314. The van der Waals surface area contributed by atoms with E-state index in [1.807, 2.05) is 5.38 Å². The third-order valence-electron chi connectivity index (χ3n) is 3.67. The van der Waals surface area contributed by atoms with Gasteiger partial charge in [-0.05, 0) is 51.7 Å². The van der Waals surface area contributed by atoms with E-state index in [1.165, 1.54) is 24.2 Å². The highest BCUT2D eigenvalue weighted by atomic mass is 32.1. The standard InChI is InChI=1S/C14H23N3O2S/c1-2-19-14(18)13-16-12(10-20-13)9-17-7-4-11(3-6-15)5-8-17/h10-11H,2-9,15H2,1H3. The number of nitrogens with two attached hydrogens (primary N) is 1. The molecule has 1 aromatic rings. The molecule has 0 spiro atoms. The summed E-state index contributed by atoms with van der Waals surface area (Å²) < 4.78 is 4.96. The first kappa shape index (κ1) is 15.4. The molecule has 0 amide bonds. The van der Waals surface area contributed by atoms with Gasteiger partial charge in [-0.3, -0.25) is 4.90 Å². The number of thiazole rings is 1. The number of ether oxygens (including phenoxy) is 1. The van der Waals surface area contributed by atoms with E-state index in [0.717, 1.165) is 44.2 Å². The molecule has 0 atom stereocenters. The van der Waals surface area contributed by atoms with E-state index in [2.05, 4.69) is 9.88 Å². The maximum atomic E-state index is 11.6. The minimum Gasteiger partial charge on any atom is -0.461 e. The first-order chi connectivity index (χ1) is 9.72. The van der Waals surface area contributed by atoms with Crippen molar-refractivity contribution in [3.63, 3.8) is 0 Å². The van der Waals surface area contributed by atoms with Crippen LogP contribution >= 0.6 is 11.3 Å². The SMILES string of the molecule is CCOC(=O)c1nc(CN2CCC(CCN)CC2)cs1. The molecule has 1 fully saturated rings. The molecule has 0 saturated carbocycles. The Labute approximate surface area is 124 Å². The number of nitrogens with zero attached hydrogens (tertiary/aromatic N) is 2. The molecule has 1 aromatic heterocycles. The summed E-state index contributed by atoms with van der Waals surface area (Å²) in [5, 5.41) is 2.41. The van der Waals surface area contributed by atoms with E-state index in [4.69, 9.17) is 10.5 Å². The van der Waals surface area contributed by atoms with E-state index in [-0.39, 0.29) is 5.97 Å². The Morgan fingerprint density at radius 3 is 2.95 bits per heavy atom. The van der Waals surface area contributed by atoms with Crippen LogP contribution in [-0.2, 0) is 11.3 Å². The second kappa shape index (κ2) is 7.71. The van der Waals surface area contributed by atoms with Gasteiger partial charge in [-0.1, -0.05) is 0 Å². The minimum atomic E-state index is -0.314. The van der Waals surface area contributed by atoms with Crippen molar-refractivity contribution in [3.05, 3.63) is 16.1 Å². The van der Waals surface area contributed by atoms with Crippen LogP contribution in [0.4, 0.5) is 0 Å². The van der Waals surface area contributed by atoms with Gasteiger partial charge in [0.05, 0.1) is 12.3 Å². The fourth-order valence-electron chi connectivity index (χ4n) is 2.56. The van der Waals surface area contributed by atoms with Crippen molar-refractivity contribution < 1.29 is 9.53 Å². The Morgan fingerprint density at radius 2 is 2.30 bits per heavy atom. The van der Waals surface area contributed by atoms with Gasteiger partial charge in [0, 0.05) is 11.9 Å². The number of carbonyl (C=O) groups excluding carboxylic acids is 1. The molecule has 0 unspecified atom stereocenters. The first-order valence-corrected chi connectivity index (χ1v) is 8.14. The average Bonchev–Trinajstić information content (AvgIpc) is 2.90. The quantitative estimate of drug-likeness (QED) is 0.812. The number of esters is 1.